The van der Waals surface area contributed by atoms with Crippen LogP contribution < -0.4 is 23.7 Å². The smallest absolute Gasteiger partial charge is 0.351 e. The van der Waals surface area contributed by atoms with Gasteiger partial charge in [-0.05, 0) is 49.8 Å². The summed E-state index contributed by atoms with van der Waals surface area (Å²) in [6, 6.07) is 15.5. The number of ether oxygens (including phenoxy) is 5. The summed E-state index contributed by atoms with van der Waals surface area (Å²) in [5.74, 6) is 1.13. The SMILES string of the molecule is CCOc1ccccc1/C=C1\Oc2cc(OC(=O)c3c(OC)cccc3OC)cc(C)c2C1=O. The molecule has 0 aromatic heterocycles. The second-order valence-electron chi connectivity index (χ2n) is 7.45. The molecule has 0 saturated carbocycles. The number of Topliss-reactive ketones (excluding diaryl/α,β-unsaturated/α-hetero) is 1. The van der Waals surface area contributed by atoms with E-state index in [9.17, 15) is 9.59 Å². The molecule has 0 aliphatic carbocycles. The van der Waals surface area contributed by atoms with Crippen LogP contribution >= 0.6 is 0 Å². The second-order valence-corrected chi connectivity index (χ2v) is 7.45. The first kappa shape index (κ1) is 22.9. The van der Waals surface area contributed by atoms with Crippen LogP contribution in [-0.4, -0.2) is 32.6 Å². The van der Waals surface area contributed by atoms with E-state index in [1.165, 1.54) is 20.3 Å². The number of allylic oxidation sites excluding steroid dienone is 1. The average molecular weight is 460 g/mol. The predicted molar refractivity (Wildman–Crippen MR) is 126 cm³/mol. The fraction of sp³-hybridized carbons (Fsp3) is 0.185. The fourth-order valence-electron chi connectivity index (χ4n) is 3.77. The molecule has 7 heteroatoms. The van der Waals surface area contributed by atoms with Crippen LogP contribution in [0.2, 0.25) is 0 Å². The number of carbonyl (C=O) groups is 2. The molecule has 4 rings (SSSR count). The lowest BCUT2D eigenvalue weighted by Crippen LogP contribution is -2.12. The topological polar surface area (TPSA) is 80.3 Å². The number of rotatable bonds is 7. The van der Waals surface area contributed by atoms with Crippen molar-refractivity contribution >= 4 is 17.8 Å². The van der Waals surface area contributed by atoms with Gasteiger partial charge < -0.3 is 23.7 Å². The van der Waals surface area contributed by atoms with E-state index < -0.39 is 5.97 Å². The molecular formula is C27H24O7. The van der Waals surface area contributed by atoms with Gasteiger partial charge in [0.05, 0.1) is 26.4 Å². The molecule has 0 amide bonds. The number of hydrogen-bond donors (Lipinski definition) is 0. The van der Waals surface area contributed by atoms with Gasteiger partial charge >= 0.3 is 5.97 Å². The first-order valence-corrected chi connectivity index (χ1v) is 10.7. The van der Waals surface area contributed by atoms with Crippen LogP contribution in [0.5, 0.6) is 28.7 Å². The maximum Gasteiger partial charge on any atom is 0.351 e. The summed E-state index contributed by atoms with van der Waals surface area (Å²) in [6.07, 6.45) is 1.65. The number of carbonyl (C=O) groups excluding carboxylic acids is 2. The fourth-order valence-corrected chi connectivity index (χ4v) is 3.77. The van der Waals surface area contributed by atoms with Crippen molar-refractivity contribution in [2.24, 2.45) is 0 Å². The molecule has 3 aromatic rings. The lowest BCUT2D eigenvalue weighted by atomic mass is 10.0. The summed E-state index contributed by atoms with van der Waals surface area (Å²) in [6.45, 7) is 4.15. The Hall–Kier alpha value is -4.26. The third-order valence-electron chi connectivity index (χ3n) is 5.29. The Labute approximate surface area is 197 Å². The van der Waals surface area contributed by atoms with E-state index in [0.717, 1.165) is 5.56 Å². The molecule has 174 valence electrons. The van der Waals surface area contributed by atoms with Gasteiger partial charge in [0.15, 0.2) is 5.76 Å². The summed E-state index contributed by atoms with van der Waals surface area (Å²) in [4.78, 5) is 26.0. The largest absolute Gasteiger partial charge is 0.496 e. The Balaban J connectivity index is 1.64. The Kier molecular flexibility index (Phi) is 6.54. The maximum atomic E-state index is 13.0. The van der Waals surface area contributed by atoms with Crippen molar-refractivity contribution in [1.82, 2.24) is 0 Å². The Morgan fingerprint density at radius 3 is 2.32 bits per heavy atom. The zero-order valence-electron chi connectivity index (χ0n) is 19.3. The van der Waals surface area contributed by atoms with Crippen molar-refractivity contribution in [2.45, 2.75) is 13.8 Å². The Morgan fingerprint density at radius 1 is 0.971 bits per heavy atom. The average Bonchev–Trinajstić information content (AvgIpc) is 3.15. The molecule has 0 unspecified atom stereocenters. The van der Waals surface area contributed by atoms with Gasteiger partial charge in [-0.2, -0.15) is 0 Å². The number of hydrogen-bond acceptors (Lipinski definition) is 7. The van der Waals surface area contributed by atoms with Crippen molar-refractivity contribution in [1.29, 1.82) is 0 Å². The number of esters is 1. The van der Waals surface area contributed by atoms with Gasteiger partial charge in [0.2, 0.25) is 5.78 Å². The molecule has 0 saturated heterocycles. The molecule has 0 radical (unpaired) electrons. The van der Waals surface area contributed by atoms with E-state index in [2.05, 4.69) is 0 Å². The standard InChI is InChI=1S/C27H24O7/c1-5-32-19-10-7-6-9-17(19)14-23-26(28)24-16(2)13-18(15-22(24)34-23)33-27(29)25-20(30-3)11-8-12-21(25)31-4/h6-15H,5H2,1-4H3/b23-14-. The first-order chi connectivity index (χ1) is 16.5. The monoisotopic (exact) mass is 460 g/mol. The number of fused-ring (bicyclic) bond motifs is 1. The van der Waals surface area contributed by atoms with E-state index >= 15 is 0 Å². The number of benzene rings is 3. The maximum absolute atomic E-state index is 13.0. The minimum atomic E-state index is -0.653. The van der Waals surface area contributed by atoms with Gasteiger partial charge in [-0.15, -0.1) is 0 Å². The van der Waals surface area contributed by atoms with Crippen LogP contribution in [0.4, 0.5) is 0 Å². The first-order valence-electron chi connectivity index (χ1n) is 10.7. The van der Waals surface area contributed by atoms with E-state index in [1.54, 1.807) is 37.3 Å². The summed E-state index contributed by atoms with van der Waals surface area (Å²) < 4.78 is 27.7. The van der Waals surface area contributed by atoms with Crippen molar-refractivity contribution < 1.29 is 33.3 Å². The number of methoxy groups -OCH3 is 2. The van der Waals surface area contributed by atoms with Gasteiger partial charge in [-0.25, -0.2) is 4.79 Å². The van der Waals surface area contributed by atoms with Crippen LogP contribution in [0.1, 0.15) is 38.8 Å². The molecular weight excluding hydrogens is 436 g/mol. The molecule has 7 nitrogen and oxygen atoms in total. The minimum absolute atomic E-state index is 0.163. The van der Waals surface area contributed by atoms with Crippen molar-refractivity contribution in [3.05, 3.63) is 82.6 Å². The van der Waals surface area contributed by atoms with Crippen LogP contribution in [-0.2, 0) is 0 Å². The highest BCUT2D eigenvalue weighted by Gasteiger charge is 2.31. The molecule has 0 spiro atoms. The second kappa shape index (κ2) is 9.70. The van der Waals surface area contributed by atoms with Crippen molar-refractivity contribution in [3.63, 3.8) is 0 Å². The summed E-state index contributed by atoms with van der Waals surface area (Å²) >= 11 is 0. The van der Waals surface area contributed by atoms with Gasteiger partial charge in [-0.3, -0.25) is 4.79 Å². The van der Waals surface area contributed by atoms with Crippen LogP contribution in [0.15, 0.2) is 60.4 Å². The molecule has 1 heterocycles. The third kappa shape index (κ3) is 4.32. The van der Waals surface area contributed by atoms with Crippen LogP contribution in [0.25, 0.3) is 6.08 Å². The van der Waals surface area contributed by atoms with E-state index in [0.29, 0.717) is 40.7 Å². The molecule has 0 fully saturated rings. The molecule has 0 atom stereocenters. The van der Waals surface area contributed by atoms with E-state index in [1.807, 2.05) is 31.2 Å². The summed E-state index contributed by atoms with van der Waals surface area (Å²) in [7, 11) is 2.92. The van der Waals surface area contributed by atoms with Gasteiger partial charge in [0.25, 0.3) is 0 Å². The summed E-state index contributed by atoms with van der Waals surface area (Å²) in [5, 5.41) is 0. The van der Waals surface area contributed by atoms with Crippen LogP contribution in [0.3, 0.4) is 0 Å². The van der Waals surface area contributed by atoms with Gasteiger partial charge in [0, 0.05) is 11.6 Å². The van der Waals surface area contributed by atoms with Gasteiger partial charge in [0.1, 0.15) is 34.3 Å². The Bertz CT molecular complexity index is 1270. The van der Waals surface area contributed by atoms with Gasteiger partial charge in [-0.1, -0.05) is 24.3 Å². The zero-order chi connectivity index (χ0) is 24.2. The minimum Gasteiger partial charge on any atom is -0.496 e. The highest BCUT2D eigenvalue weighted by atomic mass is 16.5. The van der Waals surface area contributed by atoms with Crippen LogP contribution in [0, 0.1) is 6.92 Å². The molecule has 0 bridgehead atoms. The van der Waals surface area contributed by atoms with E-state index in [4.69, 9.17) is 23.7 Å². The highest BCUT2D eigenvalue weighted by Crippen LogP contribution is 2.39. The quantitative estimate of drug-likeness (QED) is 0.271. The third-order valence-corrected chi connectivity index (χ3v) is 5.29. The lowest BCUT2D eigenvalue weighted by molar-refractivity contribution is 0.0727. The van der Waals surface area contributed by atoms with Crippen molar-refractivity contribution in [3.8, 4) is 28.7 Å². The number of para-hydroxylation sites is 1. The number of aryl methyl sites for hydroxylation is 1. The zero-order valence-corrected chi connectivity index (χ0v) is 19.3. The normalized spacial score (nSPS) is 13.3. The molecule has 1 aliphatic heterocycles. The Morgan fingerprint density at radius 2 is 1.65 bits per heavy atom. The van der Waals surface area contributed by atoms with E-state index in [-0.39, 0.29) is 22.9 Å². The molecule has 0 N–H and O–H groups in total. The predicted octanol–water partition coefficient (Wildman–Crippen LogP) is 5.25. The molecule has 3 aromatic carbocycles. The van der Waals surface area contributed by atoms with Crippen molar-refractivity contribution in [2.75, 3.05) is 20.8 Å². The number of ketones is 1. The molecule has 1 aliphatic rings. The summed E-state index contributed by atoms with van der Waals surface area (Å²) in [5.41, 5.74) is 1.94. The lowest BCUT2D eigenvalue weighted by Gasteiger charge is -2.13. The highest BCUT2D eigenvalue weighted by molar-refractivity contribution is 6.15. The molecule has 34 heavy (non-hydrogen) atoms.